The summed E-state index contributed by atoms with van der Waals surface area (Å²) < 4.78 is 13.2. The SMILES string of the molecule is CC(C)(C)N1CC[C@@H](N)[C@@H](F)C1. The second kappa shape index (κ2) is 3.30. The molecule has 0 aromatic carbocycles. The second-order valence-corrected chi connectivity index (χ2v) is 4.59. The van der Waals surface area contributed by atoms with Gasteiger partial charge in [-0.05, 0) is 27.2 Å². The smallest absolute Gasteiger partial charge is 0.128 e. The van der Waals surface area contributed by atoms with Crippen LogP contribution in [-0.2, 0) is 0 Å². The van der Waals surface area contributed by atoms with Crippen molar-refractivity contribution in [2.24, 2.45) is 5.73 Å². The van der Waals surface area contributed by atoms with Crippen molar-refractivity contribution in [3.8, 4) is 0 Å². The average Bonchev–Trinajstić information content (AvgIpc) is 1.92. The van der Waals surface area contributed by atoms with E-state index in [1.54, 1.807) is 0 Å². The van der Waals surface area contributed by atoms with Gasteiger partial charge in [0.25, 0.3) is 0 Å². The van der Waals surface area contributed by atoms with E-state index in [1.165, 1.54) is 0 Å². The molecule has 1 fully saturated rings. The summed E-state index contributed by atoms with van der Waals surface area (Å²) in [4.78, 5) is 2.15. The van der Waals surface area contributed by atoms with Gasteiger partial charge in [0, 0.05) is 24.7 Å². The quantitative estimate of drug-likeness (QED) is 0.597. The monoisotopic (exact) mass is 174 g/mol. The van der Waals surface area contributed by atoms with Crippen molar-refractivity contribution in [3.05, 3.63) is 0 Å². The molecule has 0 amide bonds. The van der Waals surface area contributed by atoms with Crippen LogP contribution in [0.15, 0.2) is 0 Å². The van der Waals surface area contributed by atoms with E-state index in [0.29, 0.717) is 6.54 Å². The molecule has 1 aliphatic heterocycles. The minimum Gasteiger partial charge on any atom is -0.325 e. The van der Waals surface area contributed by atoms with Crippen LogP contribution in [0.3, 0.4) is 0 Å². The van der Waals surface area contributed by atoms with Crippen LogP contribution in [0.5, 0.6) is 0 Å². The van der Waals surface area contributed by atoms with Crippen molar-refractivity contribution in [2.45, 2.75) is 44.9 Å². The van der Waals surface area contributed by atoms with Crippen molar-refractivity contribution < 1.29 is 4.39 Å². The minimum atomic E-state index is -0.849. The maximum absolute atomic E-state index is 13.2. The fourth-order valence-corrected chi connectivity index (χ4v) is 1.53. The van der Waals surface area contributed by atoms with Crippen LogP contribution < -0.4 is 5.73 Å². The molecule has 0 saturated carbocycles. The van der Waals surface area contributed by atoms with Crippen LogP contribution in [-0.4, -0.2) is 35.7 Å². The molecule has 1 saturated heterocycles. The number of rotatable bonds is 0. The first-order valence-electron chi connectivity index (χ1n) is 4.56. The molecule has 12 heavy (non-hydrogen) atoms. The molecule has 0 aliphatic carbocycles. The normalized spacial score (nSPS) is 33.8. The van der Waals surface area contributed by atoms with Gasteiger partial charge in [-0.2, -0.15) is 0 Å². The van der Waals surface area contributed by atoms with Gasteiger partial charge in [-0.15, -0.1) is 0 Å². The zero-order valence-corrected chi connectivity index (χ0v) is 8.18. The number of piperidine rings is 1. The van der Waals surface area contributed by atoms with Crippen molar-refractivity contribution >= 4 is 0 Å². The third kappa shape index (κ3) is 2.17. The molecule has 0 unspecified atom stereocenters. The van der Waals surface area contributed by atoms with E-state index < -0.39 is 6.17 Å². The van der Waals surface area contributed by atoms with Gasteiger partial charge < -0.3 is 5.73 Å². The summed E-state index contributed by atoms with van der Waals surface area (Å²) in [5, 5.41) is 0. The van der Waals surface area contributed by atoms with E-state index in [-0.39, 0.29) is 11.6 Å². The van der Waals surface area contributed by atoms with E-state index in [2.05, 4.69) is 25.7 Å². The third-order valence-corrected chi connectivity index (χ3v) is 2.54. The fourth-order valence-electron chi connectivity index (χ4n) is 1.53. The van der Waals surface area contributed by atoms with Crippen LogP contribution in [0.2, 0.25) is 0 Å². The number of hydrogen-bond donors (Lipinski definition) is 1. The van der Waals surface area contributed by atoms with Crippen molar-refractivity contribution in [1.82, 2.24) is 4.90 Å². The lowest BCUT2D eigenvalue weighted by Gasteiger charge is -2.41. The number of nitrogens with zero attached hydrogens (tertiary/aromatic N) is 1. The van der Waals surface area contributed by atoms with Gasteiger partial charge in [-0.25, -0.2) is 4.39 Å². The molecule has 72 valence electrons. The van der Waals surface area contributed by atoms with Crippen molar-refractivity contribution in [2.75, 3.05) is 13.1 Å². The lowest BCUT2D eigenvalue weighted by atomic mass is 9.97. The Morgan fingerprint density at radius 1 is 1.42 bits per heavy atom. The Morgan fingerprint density at radius 3 is 2.42 bits per heavy atom. The van der Waals surface area contributed by atoms with Gasteiger partial charge in [0.1, 0.15) is 6.17 Å². The molecule has 1 rings (SSSR count). The highest BCUT2D eigenvalue weighted by Crippen LogP contribution is 2.20. The first kappa shape index (κ1) is 9.93. The minimum absolute atomic E-state index is 0.0739. The second-order valence-electron chi connectivity index (χ2n) is 4.59. The number of nitrogens with two attached hydrogens (primary N) is 1. The molecule has 2 nitrogen and oxygen atoms in total. The van der Waals surface area contributed by atoms with Gasteiger partial charge in [-0.3, -0.25) is 4.90 Å². The molecule has 2 atom stereocenters. The van der Waals surface area contributed by atoms with Crippen LogP contribution >= 0.6 is 0 Å². The van der Waals surface area contributed by atoms with E-state index in [0.717, 1.165) is 13.0 Å². The molecule has 0 aromatic rings. The number of halogens is 1. The largest absolute Gasteiger partial charge is 0.325 e. The summed E-state index contributed by atoms with van der Waals surface area (Å²) in [5.41, 5.74) is 5.66. The van der Waals surface area contributed by atoms with E-state index in [4.69, 9.17) is 5.73 Å². The molecule has 0 radical (unpaired) electrons. The summed E-state index contributed by atoms with van der Waals surface area (Å²) in [5.74, 6) is 0. The maximum atomic E-state index is 13.2. The summed E-state index contributed by atoms with van der Waals surface area (Å²) in [6, 6.07) is -0.247. The van der Waals surface area contributed by atoms with Crippen LogP contribution in [0.1, 0.15) is 27.2 Å². The van der Waals surface area contributed by atoms with E-state index in [9.17, 15) is 4.39 Å². The Labute approximate surface area is 73.9 Å². The molecule has 1 aliphatic rings. The first-order chi connectivity index (χ1) is 5.41. The van der Waals surface area contributed by atoms with Crippen LogP contribution in [0.4, 0.5) is 4.39 Å². The highest BCUT2D eigenvalue weighted by atomic mass is 19.1. The lowest BCUT2D eigenvalue weighted by molar-refractivity contribution is 0.0511. The number of hydrogen-bond acceptors (Lipinski definition) is 2. The average molecular weight is 174 g/mol. The van der Waals surface area contributed by atoms with Crippen molar-refractivity contribution in [3.63, 3.8) is 0 Å². The third-order valence-electron chi connectivity index (χ3n) is 2.54. The molecular formula is C9H19FN2. The summed E-state index contributed by atoms with van der Waals surface area (Å²) >= 11 is 0. The Hall–Kier alpha value is -0.150. The van der Waals surface area contributed by atoms with E-state index in [1.807, 2.05) is 0 Å². The lowest BCUT2D eigenvalue weighted by Crippen LogP contribution is -2.54. The summed E-state index contributed by atoms with van der Waals surface area (Å²) in [6.45, 7) is 7.74. The Bertz CT molecular complexity index is 153. The number of alkyl halides is 1. The highest BCUT2D eigenvalue weighted by molar-refractivity contribution is 4.88. The van der Waals surface area contributed by atoms with Crippen LogP contribution in [0.25, 0.3) is 0 Å². The molecule has 0 aromatic heterocycles. The first-order valence-corrected chi connectivity index (χ1v) is 4.56. The predicted molar refractivity (Wildman–Crippen MR) is 48.8 cm³/mol. The molecule has 0 bridgehead atoms. The molecule has 3 heteroatoms. The fraction of sp³-hybridized carbons (Fsp3) is 1.00. The molecule has 0 spiro atoms. The van der Waals surface area contributed by atoms with Gasteiger partial charge >= 0.3 is 0 Å². The standard InChI is InChI=1S/C9H19FN2/c1-9(2,3)12-5-4-8(11)7(10)6-12/h7-8H,4-6,11H2,1-3H3/t7-,8+/m0/s1. The van der Waals surface area contributed by atoms with E-state index >= 15 is 0 Å². The maximum Gasteiger partial charge on any atom is 0.128 e. The Morgan fingerprint density at radius 2 is 2.00 bits per heavy atom. The molecule has 1 heterocycles. The van der Waals surface area contributed by atoms with Gasteiger partial charge in [0.15, 0.2) is 0 Å². The topological polar surface area (TPSA) is 29.3 Å². The Kier molecular flexibility index (Phi) is 2.74. The summed E-state index contributed by atoms with van der Waals surface area (Å²) in [7, 11) is 0. The zero-order valence-electron chi connectivity index (χ0n) is 8.18. The predicted octanol–water partition coefficient (Wildman–Crippen LogP) is 1.16. The van der Waals surface area contributed by atoms with Gasteiger partial charge in [0.2, 0.25) is 0 Å². The highest BCUT2D eigenvalue weighted by Gasteiger charge is 2.31. The zero-order chi connectivity index (χ0) is 9.35. The Balaban J connectivity index is 2.51. The molecular weight excluding hydrogens is 155 g/mol. The van der Waals surface area contributed by atoms with Crippen molar-refractivity contribution in [1.29, 1.82) is 0 Å². The van der Waals surface area contributed by atoms with Gasteiger partial charge in [-0.1, -0.05) is 0 Å². The van der Waals surface area contributed by atoms with Gasteiger partial charge in [0.05, 0.1) is 0 Å². The summed E-state index contributed by atoms with van der Waals surface area (Å²) in [6.07, 6.45) is -0.0729. The van der Waals surface area contributed by atoms with Crippen LogP contribution in [0, 0.1) is 0 Å². The number of likely N-dealkylation sites (tertiary alicyclic amines) is 1. The molecule has 2 N–H and O–H groups in total.